The first kappa shape index (κ1) is 33.5. The summed E-state index contributed by atoms with van der Waals surface area (Å²) in [6.45, 7) is 9.86. The molecule has 1 saturated carbocycles. The third kappa shape index (κ3) is 8.75. The monoisotopic (exact) mass is 604 g/mol. The number of nitrogens with one attached hydrogen (secondary N) is 3. The summed E-state index contributed by atoms with van der Waals surface area (Å²) in [6.07, 6.45) is 9.28. The predicted octanol–water partition coefficient (Wildman–Crippen LogP) is 3.07. The fraction of sp³-hybridized carbons (Fsp3) is 0.733. The van der Waals surface area contributed by atoms with Crippen molar-refractivity contribution in [1.29, 1.82) is 0 Å². The summed E-state index contributed by atoms with van der Waals surface area (Å²) in [6, 6.07) is -3.17. The lowest BCUT2D eigenvalue weighted by atomic mass is 9.79. The molecule has 1 aromatic rings. The van der Waals surface area contributed by atoms with Crippen LogP contribution in [0, 0.1) is 11.3 Å². The van der Waals surface area contributed by atoms with Crippen molar-refractivity contribution in [3.8, 4) is 0 Å². The summed E-state index contributed by atoms with van der Waals surface area (Å²) < 4.78 is 0. The summed E-state index contributed by atoms with van der Waals surface area (Å²) >= 11 is 1.57. The van der Waals surface area contributed by atoms with Gasteiger partial charge >= 0.3 is 6.03 Å². The van der Waals surface area contributed by atoms with Gasteiger partial charge in [0, 0.05) is 30.1 Å². The van der Waals surface area contributed by atoms with Crippen LogP contribution in [0.25, 0.3) is 0 Å². The highest BCUT2D eigenvalue weighted by Crippen LogP contribution is 2.32. The molecule has 3 rings (SSSR count). The van der Waals surface area contributed by atoms with Crippen LogP contribution in [0.3, 0.4) is 0 Å². The van der Waals surface area contributed by atoms with Gasteiger partial charge in [-0.25, -0.2) is 9.78 Å². The number of carbonyl (C=O) groups is 5. The van der Waals surface area contributed by atoms with Crippen LogP contribution in [0.4, 0.5) is 4.79 Å². The van der Waals surface area contributed by atoms with Crippen LogP contribution in [0.15, 0.2) is 11.6 Å². The van der Waals surface area contributed by atoms with Crippen LogP contribution in [0.2, 0.25) is 0 Å². The normalized spacial score (nSPS) is 20.7. The Morgan fingerprint density at radius 2 is 1.81 bits per heavy atom. The zero-order chi connectivity index (χ0) is 31.1. The van der Waals surface area contributed by atoms with Crippen molar-refractivity contribution in [3.05, 3.63) is 16.6 Å². The second-order valence-corrected chi connectivity index (χ2v) is 14.0. The van der Waals surface area contributed by atoms with E-state index in [9.17, 15) is 24.0 Å². The summed E-state index contributed by atoms with van der Waals surface area (Å²) in [4.78, 5) is 70.9. The van der Waals surface area contributed by atoms with Crippen LogP contribution >= 0.6 is 11.3 Å². The van der Waals surface area contributed by atoms with E-state index in [0.29, 0.717) is 25.8 Å². The molecule has 4 unspecified atom stereocenters. The second kappa shape index (κ2) is 14.4. The van der Waals surface area contributed by atoms with Gasteiger partial charge in [0.15, 0.2) is 0 Å². The number of primary amides is 1. The van der Waals surface area contributed by atoms with E-state index in [0.717, 1.165) is 43.5 Å². The standard InChI is InChI=1S/C30H48N6O5S/c1-6-19(2)17-20(23(37)25(31)38)33-26(39)21-11-10-15-36(21)27(40)24(29(3,4)5)34-28(41)35-30(12-8-7-9-13-30)18-22-32-14-16-42-22/h14,16,19-21,24H,6-13,15,17-18H2,1-5H3,(H2,31,38)(H,33,39)(H2,34,35,41). The Labute approximate surface area is 253 Å². The van der Waals surface area contributed by atoms with E-state index >= 15 is 0 Å². The molecular weight excluding hydrogens is 556 g/mol. The number of thiazole rings is 1. The first-order valence-electron chi connectivity index (χ1n) is 15.2. The maximum atomic E-state index is 14.0. The smallest absolute Gasteiger partial charge is 0.315 e. The predicted molar refractivity (Wildman–Crippen MR) is 161 cm³/mol. The minimum absolute atomic E-state index is 0.0796. The molecule has 42 heavy (non-hydrogen) atoms. The average molecular weight is 605 g/mol. The summed E-state index contributed by atoms with van der Waals surface area (Å²) in [7, 11) is 0. The fourth-order valence-electron chi connectivity index (χ4n) is 5.97. The van der Waals surface area contributed by atoms with Crippen molar-refractivity contribution in [2.45, 2.75) is 122 Å². The van der Waals surface area contributed by atoms with Crippen molar-refractivity contribution in [1.82, 2.24) is 25.8 Å². The lowest BCUT2D eigenvalue weighted by Crippen LogP contribution is -2.62. The topological polar surface area (TPSA) is 164 Å². The lowest BCUT2D eigenvalue weighted by Gasteiger charge is -2.40. The van der Waals surface area contributed by atoms with Gasteiger partial charge < -0.3 is 26.6 Å². The molecule has 0 bridgehead atoms. The van der Waals surface area contributed by atoms with Gasteiger partial charge in [0.1, 0.15) is 12.1 Å². The van der Waals surface area contributed by atoms with Crippen LogP contribution in [-0.4, -0.2) is 69.6 Å². The number of amides is 5. The molecule has 1 saturated heterocycles. The van der Waals surface area contributed by atoms with Gasteiger partial charge in [-0.3, -0.25) is 19.2 Å². The number of aromatic nitrogens is 1. The number of hydrogen-bond donors (Lipinski definition) is 4. The molecule has 0 aromatic carbocycles. The zero-order valence-electron chi connectivity index (χ0n) is 25.7. The molecule has 5 amide bonds. The van der Waals surface area contributed by atoms with Crippen LogP contribution in [0.5, 0.6) is 0 Å². The van der Waals surface area contributed by atoms with Gasteiger partial charge in [0.05, 0.1) is 11.0 Å². The average Bonchev–Trinajstić information content (AvgIpc) is 3.62. The van der Waals surface area contributed by atoms with Gasteiger partial charge in [-0.2, -0.15) is 0 Å². The molecule has 0 radical (unpaired) electrons. The van der Waals surface area contributed by atoms with Crippen molar-refractivity contribution in [3.63, 3.8) is 0 Å². The van der Waals surface area contributed by atoms with E-state index in [1.807, 2.05) is 40.0 Å². The minimum Gasteiger partial charge on any atom is -0.363 e. The largest absolute Gasteiger partial charge is 0.363 e. The highest BCUT2D eigenvalue weighted by molar-refractivity contribution is 7.09. The van der Waals surface area contributed by atoms with E-state index in [1.54, 1.807) is 17.5 Å². The van der Waals surface area contributed by atoms with E-state index in [4.69, 9.17) is 5.73 Å². The number of rotatable bonds is 12. The number of likely N-dealkylation sites (tertiary alicyclic amines) is 1. The van der Waals surface area contributed by atoms with Crippen molar-refractivity contribution >= 4 is 40.9 Å². The molecule has 0 spiro atoms. The van der Waals surface area contributed by atoms with Gasteiger partial charge in [-0.05, 0) is 43.4 Å². The van der Waals surface area contributed by atoms with Gasteiger partial charge in [-0.1, -0.05) is 60.3 Å². The molecule has 2 heterocycles. The highest BCUT2D eigenvalue weighted by Gasteiger charge is 2.44. The zero-order valence-corrected chi connectivity index (χ0v) is 26.5. The highest BCUT2D eigenvalue weighted by atomic mass is 32.1. The maximum absolute atomic E-state index is 14.0. The third-order valence-corrected chi connectivity index (χ3v) is 9.38. The molecule has 2 fully saturated rings. The molecule has 5 N–H and O–H groups in total. The Morgan fingerprint density at radius 1 is 1.12 bits per heavy atom. The molecule has 12 heteroatoms. The van der Waals surface area contributed by atoms with E-state index in [1.165, 1.54) is 4.90 Å². The Kier molecular flexibility index (Phi) is 11.5. The quantitative estimate of drug-likeness (QED) is 0.268. The third-order valence-electron chi connectivity index (χ3n) is 8.60. The number of ketones is 1. The van der Waals surface area contributed by atoms with Crippen molar-refractivity contribution < 1.29 is 24.0 Å². The van der Waals surface area contributed by atoms with Crippen LogP contribution < -0.4 is 21.7 Å². The second-order valence-electron chi connectivity index (χ2n) is 13.1. The molecule has 11 nitrogen and oxygen atoms in total. The number of hydrogen-bond acceptors (Lipinski definition) is 7. The number of carbonyl (C=O) groups excluding carboxylic acids is 5. The Bertz CT molecular complexity index is 1110. The molecular formula is C30H48N6O5S. The number of nitrogens with zero attached hydrogens (tertiary/aromatic N) is 2. The lowest BCUT2D eigenvalue weighted by molar-refractivity contribution is -0.143. The van der Waals surface area contributed by atoms with Crippen molar-refractivity contribution in [2.75, 3.05) is 6.54 Å². The number of urea groups is 1. The fourth-order valence-corrected chi connectivity index (χ4v) is 6.73. The van der Waals surface area contributed by atoms with E-state index < -0.39 is 52.7 Å². The van der Waals surface area contributed by atoms with Gasteiger partial charge in [0.25, 0.3) is 5.91 Å². The maximum Gasteiger partial charge on any atom is 0.315 e. The first-order valence-corrected chi connectivity index (χ1v) is 16.1. The number of Topliss-reactive ketones (excluding diaryl/α,β-unsaturated/α-hetero) is 1. The molecule has 1 aliphatic carbocycles. The minimum atomic E-state index is -1.10. The van der Waals surface area contributed by atoms with Gasteiger partial charge in [0.2, 0.25) is 17.6 Å². The van der Waals surface area contributed by atoms with E-state index in [2.05, 4.69) is 20.9 Å². The molecule has 2 aliphatic rings. The number of nitrogens with two attached hydrogens (primary N) is 1. The molecule has 234 valence electrons. The van der Waals surface area contributed by atoms with Crippen LogP contribution in [0.1, 0.15) is 97.4 Å². The Balaban J connectivity index is 1.74. The van der Waals surface area contributed by atoms with E-state index in [-0.39, 0.29) is 18.2 Å². The summed E-state index contributed by atoms with van der Waals surface area (Å²) in [5.74, 6) is -2.72. The van der Waals surface area contributed by atoms with Crippen LogP contribution in [-0.2, 0) is 25.6 Å². The SMILES string of the molecule is CCC(C)CC(NC(=O)C1CCCN1C(=O)C(NC(=O)NC1(Cc2nccs2)CCCCC1)C(C)(C)C)C(=O)C(N)=O. The molecule has 1 aliphatic heterocycles. The van der Waals surface area contributed by atoms with Gasteiger partial charge in [-0.15, -0.1) is 11.3 Å². The molecule has 1 aromatic heterocycles. The Hall–Kier alpha value is -3.02. The first-order chi connectivity index (χ1) is 19.8. The molecule has 4 atom stereocenters. The summed E-state index contributed by atoms with van der Waals surface area (Å²) in [5, 5.41) is 11.8. The Morgan fingerprint density at radius 3 is 2.38 bits per heavy atom. The summed E-state index contributed by atoms with van der Waals surface area (Å²) in [5.41, 5.74) is 4.18. The van der Waals surface area contributed by atoms with Crippen molar-refractivity contribution in [2.24, 2.45) is 17.1 Å².